The van der Waals surface area contributed by atoms with Gasteiger partial charge in [-0.15, -0.1) is 0 Å². The molecule has 1 aliphatic rings. The van der Waals surface area contributed by atoms with Gasteiger partial charge in [-0.25, -0.2) is 4.98 Å². The fourth-order valence-electron chi connectivity index (χ4n) is 2.27. The lowest BCUT2D eigenvalue weighted by Gasteiger charge is -2.11. The van der Waals surface area contributed by atoms with Gasteiger partial charge in [-0.05, 0) is 44.5 Å². The summed E-state index contributed by atoms with van der Waals surface area (Å²) in [4.78, 5) is 13.7. The van der Waals surface area contributed by atoms with Crippen LogP contribution in [0.5, 0.6) is 0 Å². The van der Waals surface area contributed by atoms with Crippen LogP contribution in [-0.4, -0.2) is 56.2 Å². The molecule has 0 fully saturated rings. The third-order valence-corrected chi connectivity index (χ3v) is 3.62. The number of rotatable bonds is 0. The van der Waals surface area contributed by atoms with Crippen LogP contribution in [0.3, 0.4) is 0 Å². The van der Waals surface area contributed by atoms with Gasteiger partial charge < -0.3 is 10.6 Å². The van der Waals surface area contributed by atoms with Gasteiger partial charge in [0.25, 0.3) is 0 Å². The van der Waals surface area contributed by atoms with E-state index in [0.29, 0.717) is 5.92 Å². The third kappa shape index (κ3) is 6.03. The van der Waals surface area contributed by atoms with Crippen molar-refractivity contribution in [2.75, 3.05) is 39.3 Å². The number of hydrogen-bond donors (Lipinski definition) is 2. The van der Waals surface area contributed by atoms with E-state index >= 15 is 0 Å². The monoisotopic (exact) mass is 301 g/mol. The van der Waals surface area contributed by atoms with Crippen molar-refractivity contribution in [2.45, 2.75) is 20.3 Å². The van der Waals surface area contributed by atoms with Gasteiger partial charge >= 0.3 is 0 Å². The van der Waals surface area contributed by atoms with E-state index in [1.807, 2.05) is 31.3 Å². The summed E-state index contributed by atoms with van der Waals surface area (Å²) in [5.41, 5.74) is 2.84. The summed E-state index contributed by atoms with van der Waals surface area (Å²) in [5.74, 6) is 0.523. The van der Waals surface area contributed by atoms with Gasteiger partial charge in [-0.3, -0.25) is 9.98 Å². The van der Waals surface area contributed by atoms with Crippen molar-refractivity contribution >= 4 is 11.9 Å². The fourth-order valence-corrected chi connectivity index (χ4v) is 2.27. The maximum atomic E-state index is 4.68. The molecular formula is C17H27N5. The molecule has 1 unspecified atom stereocenters. The van der Waals surface area contributed by atoms with Gasteiger partial charge in [-0.1, -0.05) is 13.0 Å². The molecule has 5 nitrogen and oxygen atoms in total. The first-order valence-electron chi connectivity index (χ1n) is 8.15. The van der Waals surface area contributed by atoms with E-state index in [0.717, 1.165) is 62.8 Å². The second-order valence-electron chi connectivity index (χ2n) is 5.82. The summed E-state index contributed by atoms with van der Waals surface area (Å²) in [7, 11) is 0. The van der Waals surface area contributed by atoms with Gasteiger partial charge in [0.1, 0.15) is 0 Å². The Morgan fingerprint density at radius 3 is 2.91 bits per heavy atom. The smallest absolute Gasteiger partial charge is 0.0844 e. The summed E-state index contributed by atoms with van der Waals surface area (Å²) in [6.45, 7) is 9.91. The topological polar surface area (TPSA) is 61.7 Å². The highest BCUT2D eigenvalue weighted by Gasteiger charge is 2.04. The highest BCUT2D eigenvalue weighted by molar-refractivity contribution is 5.97. The maximum absolute atomic E-state index is 4.68. The second-order valence-corrected chi connectivity index (χ2v) is 5.82. The van der Waals surface area contributed by atoms with E-state index in [-0.39, 0.29) is 0 Å². The van der Waals surface area contributed by atoms with Crippen molar-refractivity contribution in [3.63, 3.8) is 0 Å². The normalized spacial score (nSPS) is 21.9. The van der Waals surface area contributed by atoms with Crippen LogP contribution in [0, 0.1) is 5.92 Å². The SMILES string of the molecule is CC1=NCC(C)CNCCNCCCN=Cc2cccc1n2. The Morgan fingerprint density at radius 1 is 1.14 bits per heavy atom. The predicted molar refractivity (Wildman–Crippen MR) is 93.3 cm³/mol. The first kappa shape index (κ1) is 16.8. The summed E-state index contributed by atoms with van der Waals surface area (Å²) in [5, 5.41) is 6.90. The quantitative estimate of drug-likeness (QED) is 0.764. The Morgan fingerprint density at radius 2 is 2.00 bits per heavy atom. The molecule has 2 rings (SSSR count). The average Bonchev–Trinajstić information content (AvgIpc) is 2.54. The van der Waals surface area contributed by atoms with E-state index < -0.39 is 0 Å². The highest BCUT2D eigenvalue weighted by Crippen LogP contribution is 2.02. The van der Waals surface area contributed by atoms with Gasteiger partial charge in [-0.2, -0.15) is 0 Å². The lowest BCUT2D eigenvalue weighted by atomic mass is 10.1. The summed E-state index contributed by atoms with van der Waals surface area (Å²) in [6.07, 6.45) is 2.91. The predicted octanol–water partition coefficient (Wildman–Crippen LogP) is 1.53. The maximum Gasteiger partial charge on any atom is 0.0844 e. The average molecular weight is 301 g/mol. The Kier molecular flexibility index (Phi) is 7.19. The van der Waals surface area contributed by atoms with Crippen LogP contribution in [0.15, 0.2) is 28.2 Å². The number of nitrogens with zero attached hydrogens (tertiary/aromatic N) is 3. The Hall–Kier alpha value is -1.59. The van der Waals surface area contributed by atoms with Crippen molar-refractivity contribution in [3.8, 4) is 0 Å². The van der Waals surface area contributed by atoms with Gasteiger partial charge in [0, 0.05) is 32.4 Å². The van der Waals surface area contributed by atoms with Crippen LogP contribution in [0.4, 0.5) is 0 Å². The van der Waals surface area contributed by atoms with Gasteiger partial charge in [0.15, 0.2) is 0 Å². The van der Waals surface area contributed by atoms with Crippen LogP contribution in [0.2, 0.25) is 0 Å². The molecule has 0 amide bonds. The molecule has 0 spiro atoms. The molecule has 0 saturated heterocycles. The molecule has 0 aromatic carbocycles. The summed E-state index contributed by atoms with van der Waals surface area (Å²) < 4.78 is 0. The number of fused-ring (bicyclic) bond motifs is 2. The molecular weight excluding hydrogens is 274 g/mol. The van der Waals surface area contributed by atoms with Crippen LogP contribution in [-0.2, 0) is 0 Å². The molecule has 2 heterocycles. The zero-order chi connectivity index (χ0) is 15.6. The lowest BCUT2D eigenvalue weighted by molar-refractivity contribution is 0.511. The number of aromatic nitrogens is 1. The Balaban J connectivity index is 2.08. The number of aliphatic imine (C=N–C) groups is 2. The zero-order valence-corrected chi connectivity index (χ0v) is 13.7. The molecule has 22 heavy (non-hydrogen) atoms. The number of nitrogens with one attached hydrogen (secondary N) is 2. The molecule has 1 aliphatic heterocycles. The largest absolute Gasteiger partial charge is 0.315 e. The van der Waals surface area contributed by atoms with Crippen LogP contribution in [0.1, 0.15) is 31.7 Å². The third-order valence-electron chi connectivity index (χ3n) is 3.62. The molecule has 0 aliphatic carbocycles. The van der Waals surface area contributed by atoms with Crippen LogP contribution in [0.25, 0.3) is 0 Å². The van der Waals surface area contributed by atoms with E-state index in [1.54, 1.807) is 0 Å². The highest BCUT2D eigenvalue weighted by atomic mass is 14.9. The Labute approximate surface area is 133 Å². The molecule has 1 aromatic heterocycles. The van der Waals surface area contributed by atoms with Crippen molar-refractivity contribution in [3.05, 3.63) is 29.6 Å². The molecule has 2 bridgehead atoms. The molecule has 5 heteroatoms. The minimum atomic E-state index is 0.523. The number of pyridine rings is 1. The molecule has 1 aromatic rings. The molecule has 0 saturated carbocycles. The minimum absolute atomic E-state index is 0.523. The molecule has 2 N–H and O–H groups in total. The first-order chi connectivity index (χ1) is 10.8. The van der Waals surface area contributed by atoms with E-state index in [1.165, 1.54) is 0 Å². The molecule has 120 valence electrons. The minimum Gasteiger partial charge on any atom is -0.315 e. The second kappa shape index (κ2) is 9.43. The van der Waals surface area contributed by atoms with Gasteiger partial charge in [0.05, 0.1) is 17.1 Å². The van der Waals surface area contributed by atoms with Crippen molar-refractivity contribution in [1.29, 1.82) is 0 Å². The number of hydrogen-bond acceptors (Lipinski definition) is 5. The van der Waals surface area contributed by atoms with E-state index in [9.17, 15) is 0 Å². The zero-order valence-electron chi connectivity index (χ0n) is 13.7. The van der Waals surface area contributed by atoms with Crippen LogP contribution < -0.4 is 10.6 Å². The standard InChI is InChI=1S/C17H27N5/c1-14-11-20-10-9-18-7-4-8-19-13-16-5-3-6-17(22-16)15(2)21-12-14/h3,5-6,13-14,18,20H,4,7-12H2,1-2H3. The Bertz CT molecular complexity index is 510. The van der Waals surface area contributed by atoms with Crippen molar-refractivity contribution in [2.24, 2.45) is 15.9 Å². The van der Waals surface area contributed by atoms with Crippen LogP contribution >= 0.6 is 0 Å². The van der Waals surface area contributed by atoms with Gasteiger partial charge in [0.2, 0.25) is 0 Å². The molecule has 0 radical (unpaired) electrons. The van der Waals surface area contributed by atoms with E-state index in [4.69, 9.17) is 0 Å². The van der Waals surface area contributed by atoms with Crippen molar-refractivity contribution in [1.82, 2.24) is 15.6 Å². The van der Waals surface area contributed by atoms with Crippen molar-refractivity contribution < 1.29 is 0 Å². The first-order valence-corrected chi connectivity index (χ1v) is 8.15. The summed E-state index contributed by atoms with van der Waals surface area (Å²) >= 11 is 0. The van der Waals surface area contributed by atoms with E-state index in [2.05, 4.69) is 32.5 Å². The molecule has 1 atom stereocenters. The lowest BCUT2D eigenvalue weighted by Crippen LogP contribution is -2.31. The summed E-state index contributed by atoms with van der Waals surface area (Å²) in [6, 6.07) is 6.01. The fraction of sp³-hybridized carbons (Fsp3) is 0.588.